The van der Waals surface area contributed by atoms with Crippen molar-refractivity contribution in [3.63, 3.8) is 0 Å². The van der Waals surface area contributed by atoms with E-state index in [9.17, 15) is 0 Å². The molecule has 0 N–H and O–H groups in total. The zero-order chi connectivity index (χ0) is 10.4. The predicted molar refractivity (Wildman–Crippen MR) is 68.6 cm³/mol. The summed E-state index contributed by atoms with van der Waals surface area (Å²) >= 11 is 9.61. The van der Waals surface area contributed by atoms with Crippen molar-refractivity contribution >= 4 is 38.3 Å². The van der Waals surface area contributed by atoms with Gasteiger partial charge >= 0.3 is 0 Å². The van der Waals surface area contributed by atoms with Gasteiger partial charge in [-0.25, -0.2) is 0 Å². The molecule has 2 aromatic carbocycles. The third-order valence-corrected chi connectivity index (χ3v) is 4.13. The summed E-state index contributed by atoms with van der Waals surface area (Å²) in [6, 6.07) is 8.75. The molecule has 0 aliphatic heterocycles. The topological polar surface area (TPSA) is 0 Å². The molecule has 1 aliphatic rings. The van der Waals surface area contributed by atoms with E-state index in [1.807, 2.05) is 0 Å². The Bertz CT molecular complexity index is 535. The van der Waals surface area contributed by atoms with Crippen molar-refractivity contribution in [2.75, 3.05) is 0 Å². The quantitative estimate of drug-likeness (QED) is 0.678. The summed E-state index contributed by atoms with van der Waals surface area (Å²) in [6.45, 7) is 0. The molecule has 15 heavy (non-hydrogen) atoms. The van der Waals surface area contributed by atoms with Gasteiger partial charge in [-0.05, 0) is 41.0 Å². The average Bonchev–Trinajstić information content (AvgIpc) is 2.68. The molecule has 0 saturated carbocycles. The summed E-state index contributed by atoms with van der Waals surface area (Å²) < 4.78 is 1.17. The highest BCUT2D eigenvalue weighted by Gasteiger charge is 2.17. The van der Waals surface area contributed by atoms with Crippen LogP contribution >= 0.6 is 27.5 Å². The van der Waals surface area contributed by atoms with Crippen LogP contribution in [0.5, 0.6) is 0 Å². The maximum atomic E-state index is 5.98. The van der Waals surface area contributed by atoms with Crippen LogP contribution in [-0.2, 0) is 18.7 Å². The van der Waals surface area contributed by atoms with Crippen molar-refractivity contribution in [1.29, 1.82) is 0 Å². The summed E-state index contributed by atoms with van der Waals surface area (Å²) in [4.78, 5) is 0. The van der Waals surface area contributed by atoms with Gasteiger partial charge in [0.1, 0.15) is 0 Å². The van der Waals surface area contributed by atoms with Crippen molar-refractivity contribution in [2.45, 2.75) is 18.7 Å². The lowest BCUT2D eigenvalue weighted by atomic mass is 10.0. The second kappa shape index (κ2) is 3.50. The van der Waals surface area contributed by atoms with Crippen LogP contribution in [0.4, 0.5) is 0 Å². The van der Waals surface area contributed by atoms with E-state index in [-0.39, 0.29) is 0 Å². The van der Waals surface area contributed by atoms with Crippen molar-refractivity contribution < 1.29 is 0 Å². The fourth-order valence-electron chi connectivity index (χ4n) is 2.47. The molecule has 0 fully saturated rings. The Hall–Kier alpha value is -0.530. The fourth-order valence-corrected chi connectivity index (χ4v) is 3.27. The molecule has 0 heterocycles. The maximum absolute atomic E-state index is 5.98. The molecular weight excluding hydrogens is 272 g/mol. The van der Waals surface area contributed by atoms with Crippen LogP contribution in [0.3, 0.4) is 0 Å². The van der Waals surface area contributed by atoms with Gasteiger partial charge in [-0.15, -0.1) is 11.6 Å². The molecule has 0 saturated heterocycles. The molecular formula is C13H10BrCl. The smallest absolute Gasteiger partial charge is 0.0480 e. The van der Waals surface area contributed by atoms with E-state index in [0.29, 0.717) is 5.88 Å². The minimum atomic E-state index is 0.582. The van der Waals surface area contributed by atoms with E-state index in [4.69, 9.17) is 11.6 Å². The number of alkyl halides is 1. The fraction of sp³-hybridized carbons (Fsp3) is 0.231. The first kappa shape index (κ1) is 9.68. The lowest BCUT2D eigenvalue weighted by Gasteiger charge is -2.08. The summed E-state index contributed by atoms with van der Waals surface area (Å²) in [5.41, 5.74) is 4.16. The Labute approximate surface area is 102 Å². The molecule has 0 spiro atoms. The largest absolute Gasteiger partial charge is 0.122 e. The molecule has 2 aromatic rings. The standard InChI is InChI=1S/C13H10BrCl/c14-11-6-5-9-2-1-8-3-4-10(7-15)13(11)12(8)9/h3-6H,1-2,7H2. The minimum Gasteiger partial charge on any atom is -0.122 e. The van der Waals surface area contributed by atoms with Gasteiger partial charge in [0.05, 0.1) is 0 Å². The third kappa shape index (κ3) is 1.33. The van der Waals surface area contributed by atoms with Crippen molar-refractivity contribution in [2.24, 2.45) is 0 Å². The first-order chi connectivity index (χ1) is 7.31. The van der Waals surface area contributed by atoms with E-state index in [0.717, 1.165) is 0 Å². The third-order valence-electron chi connectivity index (χ3n) is 3.18. The van der Waals surface area contributed by atoms with Gasteiger partial charge in [0.15, 0.2) is 0 Å². The molecule has 1 aliphatic carbocycles. The molecule has 0 amide bonds. The first-order valence-electron chi connectivity index (χ1n) is 5.09. The number of halogens is 2. The molecule has 0 atom stereocenters. The van der Waals surface area contributed by atoms with Crippen LogP contribution in [0, 0.1) is 0 Å². The van der Waals surface area contributed by atoms with Crippen LogP contribution in [-0.4, -0.2) is 0 Å². The van der Waals surface area contributed by atoms with Crippen LogP contribution in [0.15, 0.2) is 28.7 Å². The lowest BCUT2D eigenvalue weighted by molar-refractivity contribution is 1.02. The highest BCUT2D eigenvalue weighted by atomic mass is 79.9. The van der Waals surface area contributed by atoms with E-state index in [2.05, 4.69) is 40.2 Å². The molecule has 2 heteroatoms. The van der Waals surface area contributed by atoms with Crippen molar-refractivity contribution in [3.8, 4) is 0 Å². The highest BCUT2D eigenvalue weighted by Crippen LogP contribution is 2.37. The molecule has 0 radical (unpaired) electrons. The monoisotopic (exact) mass is 280 g/mol. The average molecular weight is 282 g/mol. The summed E-state index contributed by atoms with van der Waals surface area (Å²) in [6.07, 6.45) is 2.34. The van der Waals surface area contributed by atoms with E-state index >= 15 is 0 Å². The van der Waals surface area contributed by atoms with Crippen molar-refractivity contribution in [3.05, 3.63) is 45.4 Å². The van der Waals surface area contributed by atoms with Gasteiger partial charge in [-0.1, -0.05) is 34.1 Å². The number of benzene rings is 2. The predicted octanol–water partition coefficient (Wildman–Crippen LogP) is 4.44. The number of hydrogen-bond acceptors (Lipinski definition) is 0. The van der Waals surface area contributed by atoms with E-state index in [1.165, 1.54) is 44.8 Å². The second-order valence-corrected chi connectivity index (χ2v) is 5.10. The SMILES string of the molecule is ClCc1ccc2c3c(ccc(Br)c13)CC2. The number of rotatable bonds is 1. The first-order valence-corrected chi connectivity index (χ1v) is 6.42. The normalized spacial score (nSPS) is 13.7. The molecule has 0 unspecified atom stereocenters. The van der Waals surface area contributed by atoms with Gasteiger partial charge in [-0.3, -0.25) is 0 Å². The molecule has 3 rings (SSSR count). The van der Waals surface area contributed by atoms with Gasteiger partial charge in [0.25, 0.3) is 0 Å². The molecule has 0 nitrogen and oxygen atoms in total. The zero-order valence-electron chi connectivity index (χ0n) is 8.19. The van der Waals surface area contributed by atoms with Crippen LogP contribution in [0.25, 0.3) is 10.8 Å². The Balaban J connectivity index is 2.52. The van der Waals surface area contributed by atoms with Gasteiger partial charge in [-0.2, -0.15) is 0 Å². The minimum absolute atomic E-state index is 0.582. The Morgan fingerprint density at radius 2 is 1.67 bits per heavy atom. The van der Waals surface area contributed by atoms with Crippen molar-refractivity contribution in [1.82, 2.24) is 0 Å². The van der Waals surface area contributed by atoms with Gasteiger partial charge in [0, 0.05) is 15.7 Å². The zero-order valence-corrected chi connectivity index (χ0v) is 10.5. The van der Waals surface area contributed by atoms with E-state index < -0.39 is 0 Å². The molecule has 76 valence electrons. The van der Waals surface area contributed by atoms with E-state index in [1.54, 1.807) is 0 Å². The van der Waals surface area contributed by atoms with Crippen LogP contribution < -0.4 is 0 Å². The van der Waals surface area contributed by atoms with Crippen LogP contribution in [0.1, 0.15) is 16.7 Å². The number of aryl methyl sites for hydroxylation is 2. The summed E-state index contributed by atoms with van der Waals surface area (Å²) in [5.74, 6) is 0.582. The Morgan fingerprint density at radius 1 is 1.00 bits per heavy atom. The second-order valence-electron chi connectivity index (χ2n) is 3.97. The number of hydrogen-bond donors (Lipinski definition) is 0. The highest BCUT2D eigenvalue weighted by molar-refractivity contribution is 9.10. The summed E-state index contributed by atoms with van der Waals surface area (Å²) in [7, 11) is 0. The molecule has 0 bridgehead atoms. The lowest BCUT2D eigenvalue weighted by Crippen LogP contribution is -1.86. The summed E-state index contributed by atoms with van der Waals surface area (Å²) in [5, 5.41) is 2.75. The Kier molecular flexibility index (Phi) is 2.26. The Morgan fingerprint density at radius 3 is 2.33 bits per heavy atom. The van der Waals surface area contributed by atoms with Crippen LogP contribution in [0.2, 0.25) is 0 Å². The molecule has 0 aromatic heterocycles. The van der Waals surface area contributed by atoms with Gasteiger partial charge in [0.2, 0.25) is 0 Å². The van der Waals surface area contributed by atoms with Gasteiger partial charge < -0.3 is 0 Å². The maximum Gasteiger partial charge on any atom is 0.0480 e.